The number of carbonyl (C=O) groups is 2. The Bertz CT molecular complexity index is 705. The molecule has 2 aliphatic heterocycles. The number of imide groups is 1. The fraction of sp³-hybridized carbons (Fsp3) is 0.467. The van der Waals surface area contributed by atoms with E-state index in [0.29, 0.717) is 40.9 Å². The van der Waals surface area contributed by atoms with Gasteiger partial charge in [0.15, 0.2) is 11.5 Å². The summed E-state index contributed by atoms with van der Waals surface area (Å²) in [5.74, 6) is 0.830. The second-order valence-corrected chi connectivity index (χ2v) is 6.81. The number of carbonyl (C=O) groups excluding carboxylic acids is 2. The summed E-state index contributed by atoms with van der Waals surface area (Å²) in [7, 11) is -1.26. The maximum absolute atomic E-state index is 12.4. The maximum atomic E-state index is 12.4. The molecule has 23 heavy (non-hydrogen) atoms. The third-order valence-electron chi connectivity index (χ3n) is 3.95. The molecule has 0 aliphatic carbocycles. The van der Waals surface area contributed by atoms with Gasteiger partial charge in [-0.2, -0.15) is 0 Å². The van der Waals surface area contributed by atoms with E-state index in [1.165, 1.54) is 0 Å². The molecule has 3 amide bonds. The number of benzene rings is 1. The van der Waals surface area contributed by atoms with Crippen LogP contribution in [0.4, 0.5) is 4.79 Å². The lowest BCUT2D eigenvalue weighted by atomic mass is 9.86. The van der Waals surface area contributed by atoms with Crippen LogP contribution in [0.1, 0.15) is 25.8 Å². The second-order valence-electron chi connectivity index (χ2n) is 5.27. The second kappa shape index (κ2) is 5.84. The minimum Gasteiger partial charge on any atom is -0.490 e. The monoisotopic (exact) mass is 338 g/mol. The first-order chi connectivity index (χ1) is 11.0. The highest BCUT2D eigenvalue weighted by molar-refractivity contribution is 7.85. The molecule has 1 fully saturated rings. The summed E-state index contributed by atoms with van der Waals surface area (Å²) >= 11 is 0. The Hall–Kier alpha value is -2.09. The minimum atomic E-state index is -1.26. The van der Waals surface area contributed by atoms with Crippen molar-refractivity contribution in [2.75, 3.05) is 19.0 Å². The number of ether oxygens (including phenoxy) is 2. The van der Waals surface area contributed by atoms with Crippen LogP contribution in [-0.2, 0) is 21.1 Å². The molecule has 2 N–H and O–H groups in total. The van der Waals surface area contributed by atoms with Crippen LogP contribution < -0.4 is 20.1 Å². The van der Waals surface area contributed by atoms with Crippen molar-refractivity contribution in [3.05, 3.63) is 17.7 Å². The number of urea groups is 1. The third kappa shape index (κ3) is 2.46. The van der Waals surface area contributed by atoms with Crippen molar-refractivity contribution in [2.45, 2.75) is 30.7 Å². The quantitative estimate of drug-likeness (QED) is 0.800. The molecule has 2 aliphatic rings. The Labute approximate surface area is 136 Å². The largest absolute Gasteiger partial charge is 0.490 e. The van der Waals surface area contributed by atoms with E-state index in [2.05, 4.69) is 10.6 Å². The summed E-state index contributed by atoms with van der Waals surface area (Å²) in [6, 6.07) is 2.77. The summed E-state index contributed by atoms with van der Waals surface area (Å²) in [5, 5.41) is 4.95. The van der Waals surface area contributed by atoms with E-state index in [-0.39, 0.29) is 6.42 Å². The Morgan fingerprint density at radius 2 is 1.83 bits per heavy atom. The molecule has 0 bridgehead atoms. The summed E-state index contributed by atoms with van der Waals surface area (Å²) in [6.07, 6.45) is 0.281. The molecule has 1 saturated heterocycles. The zero-order valence-electron chi connectivity index (χ0n) is 12.9. The van der Waals surface area contributed by atoms with Crippen LogP contribution in [0, 0.1) is 0 Å². The highest BCUT2D eigenvalue weighted by atomic mass is 32.2. The van der Waals surface area contributed by atoms with Crippen molar-refractivity contribution in [1.82, 2.24) is 10.6 Å². The fourth-order valence-corrected chi connectivity index (χ4v) is 4.38. The number of hydrogen-bond donors (Lipinski definition) is 2. The van der Waals surface area contributed by atoms with Gasteiger partial charge in [0.05, 0.1) is 24.0 Å². The molecule has 0 saturated carbocycles. The predicted molar refractivity (Wildman–Crippen MR) is 83.0 cm³/mol. The Kier molecular flexibility index (Phi) is 4.01. The normalized spacial score (nSPS) is 25.7. The Morgan fingerprint density at radius 3 is 2.39 bits per heavy atom. The van der Waals surface area contributed by atoms with Crippen LogP contribution in [0.15, 0.2) is 17.0 Å². The van der Waals surface area contributed by atoms with Gasteiger partial charge in [-0.15, -0.1) is 0 Å². The van der Waals surface area contributed by atoms with Crippen LogP contribution in [0.2, 0.25) is 0 Å². The van der Waals surface area contributed by atoms with Gasteiger partial charge in [-0.3, -0.25) is 14.3 Å². The number of amides is 3. The lowest BCUT2D eigenvalue weighted by Gasteiger charge is -2.33. The molecule has 2 heterocycles. The molecular formula is C15H18N2O5S. The van der Waals surface area contributed by atoms with E-state index in [9.17, 15) is 13.8 Å². The topological polar surface area (TPSA) is 93.7 Å². The average molecular weight is 338 g/mol. The highest BCUT2D eigenvalue weighted by Gasteiger charge is 2.51. The lowest BCUT2D eigenvalue weighted by Crippen LogP contribution is -2.47. The van der Waals surface area contributed by atoms with Gasteiger partial charge in [0.2, 0.25) is 0 Å². The summed E-state index contributed by atoms with van der Waals surface area (Å²) in [4.78, 5) is 24.5. The van der Waals surface area contributed by atoms with Gasteiger partial charge in [-0.1, -0.05) is 0 Å². The van der Waals surface area contributed by atoms with Gasteiger partial charge in [0, 0.05) is 22.3 Å². The van der Waals surface area contributed by atoms with Crippen LogP contribution in [-0.4, -0.2) is 35.1 Å². The van der Waals surface area contributed by atoms with Gasteiger partial charge >= 0.3 is 6.03 Å². The standard InChI is InChI=1S/C15H18N2O5S/c1-3-21-10-7-9-12(8-11(10)22-4-2)23(20)6-5-15(9)13(18)16-14(19)17-15/h7-8H,3-6H2,1-2H3,(H2,16,17,18,19). The van der Waals surface area contributed by atoms with Crippen LogP contribution in [0.25, 0.3) is 0 Å². The van der Waals surface area contributed by atoms with Gasteiger partial charge in [-0.25, -0.2) is 4.79 Å². The van der Waals surface area contributed by atoms with Crippen molar-refractivity contribution >= 4 is 22.7 Å². The van der Waals surface area contributed by atoms with Gasteiger partial charge in [0.1, 0.15) is 5.54 Å². The van der Waals surface area contributed by atoms with E-state index in [0.717, 1.165) is 0 Å². The molecule has 124 valence electrons. The van der Waals surface area contributed by atoms with Crippen LogP contribution >= 0.6 is 0 Å². The zero-order valence-corrected chi connectivity index (χ0v) is 13.7. The predicted octanol–water partition coefficient (Wildman–Crippen LogP) is 1.03. The van der Waals surface area contributed by atoms with Crippen molar-refractivity contribution in [3.8, 4) is 11.5 Å². The summed E-state index contributed by atoms with van der Waals surface area (Å²) in [6.45, 7) is 4.55. The van der Waals surface area contributed by atoms with Crippen molar-refractivity contribution in [2.24, 2.45) is 0 Å². The number of rotatable bonds is 4. The minimum absolute atomic E-state index is 0.281. The molecular weight excluding hydrogens is 320 g/mol. The third-order valence-corrected chi connectivity index (χ3v) is 5.36. The summed E-state index contributed by atoms with van der Waals surface area (Å²) in [5.41, 5.74) is -0.672. The van der Waals surface area contributed by atoms with E-state index in [1.54, 1.807) is 12.1 Å². The SMILES string of the molecule is CCOc1cc2c(cc1OCC)C1(CCS2=O)NC(=O)NC1=O. The molecule has 1 aromatic rings. The number of fused-ring (bicyclic) bond motifs is 2. The van der Waals surface area contributed by atoms with Gasteiger partial charge < -0.3 is 14.8 Å². The van der Waals surface area contributed by atoms with Crippen molar-refractivity contribution in [1.29, 1.82) is 0 Å². The molecule has 1 aromatic carbocycles. The van der Waals surface area contributed by atoms with Crippen LogP contribution in [0.3, 0.4) is 0 Å². The van der Waals surface area contributed by atoms with Gasteiger partial charge in [0.25, 0.3) is 5.91 Å². The van der Waals surface area contributed by atoms with Gasteiger partial charge in [-0.05, 0) is 26.3 Å². The molecule has 0 radical (unpaired) electrons. The number of hydrogen-bond acceptors (Lipinski definition) is 5. The van der Waals surface area contributed by atoms with Crippen LogP contribution in [0.5, 0.6) is 11.5 Å². The van der Waals surface area contributed by atoms with E-state index in [1.807, 2.05) is 13.8 Å². The first-order valence-electron chi connectivity index (χ1n) is 7.48. The molecule has 8 heteroatoms. The number of nitrogens with one attached hydrogen (secondary N) is 2. The molecule has 2 atom stereocenters. The van der Waals surface area contributed by atoms with Crippen molar-refractivity contribution < 1.29 is 23.3 Å². The first-order valence-corrected chi connectivity index (χ1v) is 8.79. The summed E-state index contributed by atoms with van der Waals surface area (Å²) < 4.78 is 23.6. The average Bonchev–Trinajstić information content (AvgIpc) is 2.80. The maximum Gasteiger partial charge on any atom is 0.322 e. The molecule has 0 aromatic heterocycles. The van der Waals surface area contributed by atoms with E-state index in [4.69, 9.17) is 9.47 Å². The first kappa shape index (κ1) is 15.8. The smallest absolute Gasteiger partial charge is 0.322 e. The molecule has 1 spiro atoms. The van der Waals surface area contributed by atoms with Crippen molar-refractivity contribution in [3.63, 3.8) is 0 Å². The van der Waals surface area contributed by atoms with E-state index < -0.39 is 28.3 Å². The zero-order chi connectivity index (χ0) is 16.6. The molecule has 7 nitrogen and oxygen atoms in total. The molecule has 3 rings (SSSR count). The van der Waals surface area contributed by atoms with E-state index >= 15 is 0 Å². The Morgan fingerprint density at radius 1 is 1.17 bits per heavy atom. The fourth-order valence-electron chi connectivity index (χ4n) is 2.95. The lowest BCUT2D eigenvalue weighted by molar-refractivity contribution is -0.124. The molecule has 2 unspecified atom stereocenters. The highest BCUT2D eigenvalue weighted by Crippen LogP contribution is 2.43. The Balaban J connectivity index is 2.18.